The smallest absolute Gasteiger partial charge is 0.187 e. The van der Waals surface area contributed by atoms with E-state index in [2.05, 4.69) is 24.3 Å². The van der Waals surface area contributed by atoms with Crippen molar-refractivity contribution >= 4 is 0 Å². The molecule has 0 aliphatic carbocycles. The molecule has 126 valence electrons. The van der Waals surface area contributed by atoms with Crippen LogP contribution in [0.1, 0.15) is 18.1 Å². The van der Waals surface area contributed by atoms with E-state index < -0.39 is 0 Å². The lowest BCUT2D eigenvalue weighted by Crippen LogP contribution is -2.49. The lowest BCUT2D eigenvalue weighted by Gasteiger charge is -2.33. The summed E-state index contributed by atoms with van der Waals surface area (Å²) in [4.78, 5) is 0. The second-order valence-electron chi connectivity index (χ2n) is 6.33. The Hall–Kier alpha value is -1.72. The summed E-state index contributed by atoms with van der Waals surface area (Å²) < 4.78 is 23.7. The number of epoxide rings is 1. The van der Waals surface area contributed by atoms with Crippen LogP contribution in [0, 0.1) is 0 Å². The quantitative estimate of drug-likeness (QED) is 0.764. The molecule has 0 saturated carbocycles. The first-order valence-electron chi connectivity index (χ1n) is 8.43. The predicted octanol–water partition coefficient (Wildman–Crippen LogP) is 3.30. The topological polar surface area (TPSA) is 40.2 Å². The van der Waals surface area contributed by atoms with E-state index in [4.69, 9.17) is 18.9 Å². The number of fused-ring (bicyclic) bond motifs is 1. The van der Waals surface area contributed by atoms with Crippen LogP contribution in [-0.2, 0) is 32.2 Å². The van der Waals surface area contributed by atoms with Gasteiger partial charge < -0.3 is 18.9 Å². The molecule has 5 atom stereocenters. The Morgan fingerprint density at radius 1 is 0.750 bits per heavy atom. The second kappa shape index (κ2) is 7.03. The molecule has 2 aliphatic rings. The van der Waals surface area contributed by atoms with E-state index >= 15 is 0 Å². The van der Waals surface area contributed by atoms with E-state index in [9.17, 15) is 0 Å². The zero-order valence-electron chi connectivity index (χ0n) is 13.7. The lowest BCUT2D eigenvalue weighted by molar-refractivity contribution is -0.172. The molecule has 0 unspecified atom stereocenters. The molecule has 2 aromatic rings. The van der Waals surface area contributed by atoms with Crippen LogP contribution in [0.25, 0.3) is 0 Å². The van der Waals surface area contributed by atoms with Crippen LogP contribution < -0.4 is 0 Å². The highest BCUT2D eigenvalue weighted by Crippen LogP contribution is 2.39. The van der Waals surface area contributed by atoms with Gasteiger partial charge in [0, 0.05) is 0 Å². The van der Waals surface area contributed by atoms with Crippen LogP contribution in [0.5, 0.6) is 0 Å². The predicted molar refractivity (Wildman–Crippen MR) is 89.2 cm³/mol. The fourth-order valence-electron chi connectivity index (χ4n) is 3.15. The maximum absolute atomic E-state index is 6.16. The van der Waals surface area contributed by atoms with E-state index in [0.29, 0.717) is 13.2 Å². The summed E-state index contributed by atoms with van der Waals surface area (Å²) >= 11 is 0. The molecule has 2 heterocycles. The van der Waals surface area contributed by atoms with Crippen molar-refractivity contribution < 1.29 is 18.9 Å². The monoisotopic (exact) mass is 326 g/mol. The molecular formula is C20H22O4. The molecule has 0 amide bonds. The number of hydrogen-bond acceptors (Lipinski definition) is 4. The fourth-order valence-corrected chi connectivity index (χ4v) is 3.15. The molecule has 2 aromatic carbocycles. The average molecular weight is 326 g/mol. The minimum Gasteiger partial charge on any atom is -0.368 e. The SMILES string of the molecule is C[C@@H]1O[C@@H]2O[C@H]2[C@H](OCc2ccccc2)[C@H]1OCc1ccccc1. The standard InChI is InChI=1S/C20H22O4/c1-14-17(21-12-15-8-4-2-5-9-15)18(19-20(23-14)24-19)22-13-16-10-6-3-7-11-16/h2-11,14,17-20H,12-13H2,1H3/t14-,17-,18+,19-,20+/m0/s1. The Bertz CT molecular complexity index is 602. The largest absolute Gasteiger partial charge is 0.368 e. The van der Waals surface area contributed by atoms with Gasteiger partial charge in [0.1, 0.15) is 18.3 Å². The number of rotatable bonds is 6. The first kappa shape index (κ1) is 15.8. The summed E-state index contributed by atoms with van der Waals surface area (Å²) in [5.74, 6) is 0. The molecule has 4 nitrogen and oxygen atoms in total. The Kier molecular flexibility index (Phi) is 4.63. The summed E-state index contributed by atoms with van der Waals surface area (Å²) in [6, 6.07) is 20.3. The molecule has 0 N–H and O–H groups in total. The van der Waals surface area contributed by atoms with Crippen LogP contribution >= 0.6 is 0 Å². The van der Waals surface area contributed by atoms with Gasteiger partial charge in [-0.25, -0.2) is 0 Å². The van der Waals surface area contributed by atoms with E-state index in [1.165, 1.54) is 0 Å². The highest BCUT2D eigenvalue weighted by atomic mass is 16.8. The van der Waals surface area contributed by atoms with Crippen molar-refractivity contribution in [3.05, 3.63) is 71.8 Å². The zero-order valence-corrected chi connectivity index (χ0v) is 13.7. The molecule has 0 radical (unpaired) electrons. The first-order valence-corrected chi connectivity index (χ1v) is 8.43. The minimum atomic E-state index is -0.141. The van der Waals surface area contributed by atoms with Crippen molar-refractivity contribution in [2.75, 3.05) is 0 Å². The maximum Gasteiger partial charge on any atom is 0.187 e. The van der Waals surface area contributed by atoms with Gasteiger partial charge in [0.05, 0.1) is 19.3 Å². The molecule has 0 spiro atoms. The Labute approximate surface area is 142 Å². The van der Waals surface area contributed by atoms with Gasteiger partial charge >= 0.3 is 0 Å². The first-order chi connectivity index (χ1) is 11.8. The van der Waals surface area contributed by atoms with Crippen LogP contribution in [0.3, 0.4) is 0 Å². The molecule has 2 saturated heterocycles. The van der Waals surface area contributed by atoms with Crippen molar-refractivity contribution in [1.82, 2.24) is 0 Å². The summed E-state index contributed by atoms with van der Waals surface area (Å²) in [7, 11) is 0. The van der Waals surface area contributed by atoms with E-state index in [1.54, 1.807) is 0 Å². The van der Waals surface area contributed by atoms with Crippen LogP contribution in [0.2, 0.25) is 0 Å². The van der Waals surface area contributed by atoms with E-state index in [0.717, 1.165) is 11.1 Å². The second-order valence-corrected chi connectivity index (χ2v) is 6.33. The number of ether oxygens (including phenoxy) is 4. The van der Waals surface area contributed by atoms with Gasteiger partial charge in [-0.2, -0.15) is 0 Å². The third kappa shape index (κ3) is 3.52. The van der Waals surface area contributed by atoms with Gasteiger partial charge in [0.2, 0.25) is 0 Å². The summed E-state index contributed by atoms with van der Waals surface area (Å²) in [5.41, 5.74) is 2.29. The third-order valence-corrected chi connectivity index (χ3v) is 4.51. The Morgan fingerprint density at radius 3 is 1.88 bits per heavy atom. The maximum atomic E-state index is 6.16. The van der Waals surface area contributed by atoms with Gasteiger partial charge in [-0.15, -0.1) is 0 Å². The number of hydrogen-bond donors (Lipinski definition) is 0. The molecule has 4 heteroatoms. The summed E-state index contributed by atoms with van der Waals surface area (Å²) in [6.07, 6.45) is -0.471. The lowest BCUT2D eigenvalue weighted by atomic mass is 10.0. The molecule has 2 fully saturated rings. The van der Waals surface area contributed by atoms with Crippen molar-refractivity contribution in [1.29, 1.82) is 0 Å². The van der Waals surface area contributed by atoms with Gasteiger partial charge in [-0.05, 0) is 18.1 Å². The molecule has 0 bridgehead atoms. The normalized spacial score (nSPS) is 31.5. The molecule has 24 heavy (non-hydrogen) atoms. The van der Waals surface area contributed by atoms with Crippen molar-refractivity contribution in [2.45, 2.75) is 50.8 Å². The average Bonchev–Trinajstić information content (AvgIpc) is 3.39. The zero-order chi connectivity index (χ0) is 16.4. The van der Waals surface area contributed by atoms with Gasteiger partial charge in [0.25, 0.3) is 0 Å². The van der Waals surface area contributed by atoms with Crippen molar-refractivity contribution in [3.63, 3.8) is 0 Å². The third-order valence-electron chi connectivity index (χ3n) is 4.51. The minimum absolute atomic E-state index is 0.0225. The summed E-state index contributed by atoms with van der Waals surface area (Å²) in [6.45, 7) is 3.12. The van der Waals surface area contributed by atoms with E-state index in [-0.39, 0.29) is 30.7 Å². The highest BCUT2D eigenvalue weighted by Gasteiger charge is 2.57. The fraction of sp³-hybridized carbons (Fsp3) is 0.400. The highest BCUT2D eigenvalue weighted by molar-refractivity contribution is 5.15. The van der Waals surface area contributed by atoms with Crippen molar-refractivity contribution in [2.24, 2.45) is 0 Å². The molecular weight excluding hydrogens is 304 g/mol. The van der Waals surface area contributed by atoms with Crippen LogP contribution in [0.15, 0.2) is 60.7 Å². The molecule has 2 aliphatic heterocycles. The Morgan fingerprint density at radius 2 is 1.29 bits per heavy atom. The van der Waals surface area contributed by atoms with Crippen LogP contribution in [0.4, 0.5) is 0 Å². The van der Waals surface area contributed by atoms with Gasteiger partial charge in [0.15, 0.2) is 6.29 Å². The molecule has 0 aromatic heterocycles. The van der Waals surface area contributed by atoms with Crippen molar-refractivity contribution in [3.8, 4) is 0 Å². The van der Waals surface area contributed by atoms with E-state index in [1.807, 2.05) is 43.3 Å². The van der Waals surface area contributed by atoms with Gasteiger partial charge in [-0.3, -0.25) is 0 Å². The summed E-state index contributed by atoms with van der Waals surface area (Å²) in [5, 5.41) is 0. The van der Waals surface area contributed by atoms with Gasteiger partial charge in [-0.1, -0.05) is 60.7 Å². The Balaban J connectivity index is 1.41. The number of benzene rings is 2. The molecule has 4 rings (SSSR count). The van der Waals surface area contributed by atoms with Crippen LogP contribution in [-0.4, -0.2) is 30.7 Å².